The number of fused-ring (bicyclic) bond motifs is 1. The van der Waals surface area contributed by atoms with Gasteiger partial charge in [-0.3, -0.25) is 14.3 Å². The molecule has 95 valence electrons. The first-order chi connectivity index (χ1) is 8.69. The maximum absolute atomic E-state index is 11.6. The van der Waals surface area contributed by atoms with Crippen LogP contribution in [-0.4, -0.2) is 30.7 Å². The van der Waals surface area contributed by atoms with Crippen LogP contribution in [0.1, 0.15) is 19.1 Å². The maximum Gasteiger partial charge on any atom is 0.280 e. The van der Waals surface area contributed by atoms with Crippen LogP contribution < -0.4 is 11.3 Å². The average Bonchev–Trinajstić information content (AvgIpc) is 2.93. The van der Waals surface area contributed by atoms with Gasteiger partial charge in [0, 0.05) is 0 Å². The van der Waals surface area contributed by atoms with Gasteiger partial charge in [-0.1, -0.05) is 0 Å². The molecule has 1 saturated heterocycles. The van der Waals surface area contributed by atoms with E-state index in [0.29, 0.717) is 18.5 Å². The summed E-state index contributed by atoms with van der Waals surface area (Å²) < 4.78 is 7.22. The van der Waals surface area contributed by atoms with Gasteiger partial charge in [-0.05, 0) is 12.8 Å². The number of aromatic amines is 1. The molecule has 2 aromatic heterocycles. The van der Waals surface area contributed by atoms with Gasteiger partial charge in [-0.25, -0.2) is 4.98 Å². The van der Waals surface area contributed by atoms with Gasteiger partial charge in [0.25, 0.3) is 5.56 Å². The monoisotopic (exact) mass is 250 g/mol. The minimum atomic E-state index is -0.375. The van der Waals surface area contributed by atoms with Crippen LogP contribution in [-0.2, 0) is 4.74 Å². The Morgan fingerprint density at radius 2 is 2.44 bits per heavy atom. The Hall–Kier alpha value is -1.93. The lowest BCUT2D eigenvalue weighted by molar-refractivity contribution is 0.000377. The molecule has 0 spiro atoms. The van der Waals surface area contributed by atoms with Crippen molar-refractivity contribution in [3.05, 3.63) is 23.3 Å². The molecule has 0 unspecified atom stereocenters. The Bertz CT molecular complexity index is 634. The van der Waals surface area contributed by atoms with E-state index in [1.54, 1.807) is 4.57 Å². The van der Waals surface area contributed by atoms with E-state index in [1.165, 1.54) is 6.33 Å². The first-order valence-corrected chi connectivity index (χ1v) is 5.54. The third-order valence-electron chi connectivity index (χ3n) is 2.96. The number of aliphatic hydroxyl groups is 1. The summed E-state index contributed by atoms with van der Waals surface area (Å²) in [5.41, 5.74) is 5.75. The van der Waals surface area contributed by atoms with Crippen molar-refractivity contribution in [2.75, 3.05) is 5.73 Å². The SMILES string of the molecule is Nc1nc2c(ncn2[C@H]2CC[C@@H]([CH]O)O2)c(=O)[nH]1. The topological polar surface area (TPSA) is 119 Å². The summed E-state index contributed by atoms with van der Waals surface area (Å²) in [6.07, 6.45) is 2.32. The Morgan fingerprint density at radius 1 is 1.61 bits per heavy atom. The van der Waals surface area contributed by atoms with Crippen molar-refractivity contribution in [3.63, 3.8) is 0 Å². The Kier molecular flexibility index (Phi) is 2.53. The van der Waals surface area contributed by atoms with Gasteiger partial charge in [-0.2, -0.15) is 4.98 Å². The molecule has 3 heterocycles. The molecule has 4 N–H and O–H groups in total. The highest BCUT2D eigenvalue weighted by molar-refractivity contribution is 5.70. The lowest BCUT2D eigenvalue weighted by Gasteiger charge is -2.13. The number of ether oxygens (including phenoxy) is 1. The molecule has 0 aliphatic carbocycles. The van der Waals surface area contributed by atoms with Gasteiger partial charge in [0.15, 0.2) is 11.2 Å². The summed E-state index contributed by atoms with van der Waals surface area (Å²) in [6, 6.07) is 0. The molecule has 8 nitrogen and oxygen atoms in total. The number of hydrogen-bond donors (Lipinski definition) is 3. The highest BCUT2D eigenvalue weighted by Crippen LogP contribution is 2.30. The number of rotatable bonds is 2. The standard InChI is InChI=1S/C10H12N5O3/c11-10-13-8-7(9(17)14-10)12-4-15(8)6-2-1-5(3-16)18-6/h3-6,16H,1-2H2,(H3,11,13,14,17)/t5-,6+/m0/s1. The third-order valence-corrected chi connectivity index (χ3v) is 2.96. The summed E-state index contributed by atoms with van der Waals surface area (Å²) in [6.45, 7) is 1.02. The molecule has 0 amide bonds. The highest BCUT2D eigenvalue weighted by atomic mass is 16.5. The molecule has 1 aliphatic heterocycles. The first-order valence-electron chi connectivity index (χ1n) is 5.54. The zero-order valence-corrected chi connectivity index (χ0v) is 9.41. The maximum atomic E-state index is 11.6. The fourth-order valence-electron chi connectivity index (χ4n) is 2.11. The number of nitrogens with one attached hydrogen (secondary N) is 1. The predicted octanol–water partition coefficient (Wildman–Crippen LogP) is -0.0863. The molecule has 3 rings (SSSR count). The fourth-order valence-corrected chi connectivity index (χ4v) is 2.11. The molecular weight excluding hydrogens is 238 g/mol. The number of aromatic nitrogens is 4. The third kappa shape index (κ3) is 1.66. The van der Waals surface area contributed by atoms with E-state index in [1.807, 2.05) is 0 Å². The summed E-state index contributed by atoms with van der Waals surface area (Å²) >= 11 is 0. The number of nitrogen functional groups attached to an aromatic ring is 1. The van der Waals surface area contributed by atoms with E-state index in [2.05, 4.69) is 15.0 Å². The molecular formula is C10H12N5O3. The zero-order chi connectivity index (χ0) is 12.7. The number of anilines is 1. The van der Waals surface area contributed by atoms with E-state index in [0.717, 1.165) is 6.61 Å². The van der Waals surface area contributed by atoms with E-state index < -0.39 is 0 Å². The molecule has 8 heteroatoms. The number of imidazole rings is 1. The van der Waals surface area contributed by atoms with Crippen LogP contribution >= 0.6 is 0 Å². The minimum absolute atomic E-state index is 0.0394. The van der Waals surface area contributed by atoms with Gasteiger partial charge >= 0.3 is 0 Å². The smallest absolute Gasteiger partial charge is 0.280 e. The van der Waals surface area contributed by atoms with Crippen LogP contribution in [0.4, 0.5) is 5.95 Å². The van der Waals surface area contributed by atoms with Gasteiger partial charge in [0.1, 0.15) is 12.8 Å². The van der Waals surface area contributed by atoms with Crippen LogP contribution in [0.2, 0.25) is 0 Å². The molecule has 1 radical (unpaired) electrons. The molecule has 0 bridgehead atoms. The first kappa shape index (κ1) is 11.2. The second kappa shape index (κ2) is 4.07. The predicted molar refractivity (Wildman–Crippen MR) is 61.9 cm³/mol. The van der Waals surface area contributed by atoms with Crippen molar-refractivity contribution in [3.8, 4) is 0 Å². The van der Waals surface area contributed by atoms with Crippen molar-refractivity contribution in [2.45, 2.75) is 25.2 Å². The van der Waals surface area contributed by atoms with Crippen molar-refractivity contribution in [1.82, 2.24) is 19.5 Å². The van der Waals surface area contributed by atoms with Crippen molar-refractivity contribution >= 4 is 17.1 Å². The molecule has 18 heavy (non-hydrogen) atoms. The van der Waals surface area contributed by atoms with E-state index in [4.69, 9.17) is 15.6 Å². The van der Waals surface area contributed by atoms with Crippen LogP contribution in [0.25, 0.3) is 11.2 Å². The van der Waals surface area contributed by atoms with Crippen LogP contribution in [0.15, 0.2) is 11.1 Å². The van der Waals surface area contributed by atoms with Crippen LogP contribution in [0, 0.1) is 6.61 Å². The average molecular weight is 250 g/mol. The molecule has 1 fully saturated rings. The van der Waals surface area contributed by atoms with Crippen molar-refractivity contribution in [1.29, 1.82) is 0 Å². The lowest BCUT2D eigenvalue weighted by atomic mass is 10.2. The van der Waals surface area contributed by atoms with Crippen molar-refractivity contribution in [2.24, 2.45) is 0 Å². The quantitative estimate of drug-likeness (QED) is 0.685. The molecule has 2 atom stereocenters. The van der Waals surface area contributed by atoms with Crippen LogP contribution in [0.3, 0.4) is 0 Å². The van der Waals surface area contributed by atoms with Crippen LogP contribution in [0.5, 0.6) is 0 Å². The lowest BCUT2D eigenvalue weighted by Crippen LogP contribution is -2.15. The largest absolute Gasteiger partial charge is 0.388 e. The number of H-pyrrole nitrogens is 1. The number of nitrogens with two attached hydrogens (primary N) is 1. The molecule has 0 aromatic carbocycles. The van der Waals surface area contributed by atoms with E-state index in [9.17, 15) is 4.79 Å². The minimum Gasteiger partial charge on any atom is -0.388 e. The normalized spacial score (nSPS) is 23.8. The Balaban J connectivity index is 2.05. The van der Waals surface area contributed by atoms with Crippen molar-refractivity contribution < 1.29 is 9.84 Å². The van der Waals surface area contributed by atoms with E-state index in [-0.39, 0.29) is 29.4 Å². The second-order valence-electron chi connectivity index (χ2n) is 4.13. The summed E-state index contributed by atoms with van der Waals surface area (Å²) in [7, 11) is 0. The second-order valence-corrected chi connectivity index (χ2v) is 4.13. The highest BCUT2D eigenvalue weighted by Gasteiger charge is 2.28. The summed E-state index contributed by atoms with van der Waals surface area (Å²) in [4.78, 5) is 22.1. The summed E-state index contributed by atoms with van der Waals surface area (Å²) in [5.74, 6) is 0.0394. The fraction of sp³-hybridized carbons (Fsp3) is 0.400. The Labute approximate surface area is 101 Å². The van der Waals surface area contributed by atoms with Gasteiger partial charge in [0.2, 0.25) is 5.95 Å². The molecule has 1 aliphatic rings. The van der Waals surface area contributed by atoms with E-state index >= 15 is 0 Å². The molecule has 2 aromatic rings. The Morgan fingerprint density at radius 3 is 3.17 bits per heavy atom. The number of aliphatic hydroxyl groups excluding tert-OH is 1. The molecule has 0 saturated carbocycles. The van der Waals surface area contributed by atoms with Gasteiger partial charge in [-0.15, -0.1) is 0 Å². The van der Waals surface area contributed by atoms with Gasteiger partial charge in [0.05, 0.1) is 12.4 Å². The zero-order valence-electron chi connectivity index (χ0n) is 9.41. The number of nitrogens with zero attached hydrogens (tertiary/aromatic N) is 3. The van der Waals surface area contributed by atoms with Gasteiger partial charge < -0.3 is 15.6 Å². The summed E-state index contributed by atoms with van der Waals surface area (Å²) in [5, 5.41) is 8.92. The number of hydrogen-bond acceptors (Lipinski definition) is 6.